The second kappa shape index (κ2) is 13.3. The van der Waals surface area contributed by atoms with Crippen molar-refractivity contribution in [1.82, 2.24) is 0 Å². The largest absolute Gasteiger partial charge is 0.493 e. The summed E-state index contributed by atoms with van der Waals surface area (Å²) >= 11 is 0. The van der Waals surface area contributed by atoms with Gasteiger partial charge < -0.3 is 14.3 Å². The Morgan fingerprint density at radius 3 is 2.66 bits per heavy atom. The van der Waals surface area contributed by atoms with Gasteiger partial charge in [-0.05, 0) is 42.3 Å². The maximum Gasteiger partial charge on any atom is 0.478 e. The Bertz CT molecular complexity index is 1070. The zero-order chi connectivity index (χ0) is 25.3. The number of hydrogen-bond donors (Lipinski definition) is 0. The second-order valence-corrected chi connectivity index (χ2v) is 11.5. The standard InChI is InChI=1S/C21H26NO10PS2/c1-3-29-33(26)30-14-20(32-33)31-21(23)15(2)16-4-5-18-13-19(7-6-17(18)12-16)27-8-10-34-35-11-9-28-22(24)25/h4-7,12-13,15,20H,3,8-11,14H2,1-2H3. The van der Waals surface area contributed by atoms with Gasteiger partial charge in [-0.3, -0.25) is 13.8 Å². The van der Waals surface area contributed by atoms with Crippen LogP contribution >= 0.6 is 29.4 Å². The third-order valence-corrected chi connectivity index (χ3v) is 8.59. The third kappa shape index (κ3) is 8.55. The summed E-state index contributed by atoms with van der Waals surface area (Å²) in [6.45, 7) is 3.93. The smallest absolute Gasteiger partial charge is 0.478 e. The van der Waals surface area contributed by atoms with Crippen LogP contribution in [-0.4, -0.2) is 55.3 Å². The van der Waals surface area contributed by atoms with E-state index in [1.807, 2.05) is 36.4 Å². The number of nitrogens with zero attached hydrogens (tertiary/aromatic N) is 1. The number of benzene rings is 2. The molecule has 3 rings (SSSR count). The molecule has 0 aromatic heterocycles. The highest BCUT2D eigenvalue weighted by Gasteiger charge is 2.41. The van der Waals surface area contributed by atoms with Crippen LogP contribution in [-0.2, 0) is 32.5 Å². The fraction of sp³-hybridized carbons (Fsp3) is 0.476. The molecule has 0 bridgehead atoms. The molecule has 14 heteroatoms. The summed E-state index contributed by atoms with van der Waals surface area (Å²) in [5.74, 6) is 0.859. The first-order chi connectivity index (χ1) is 16.8. The fourth-order valence-electron chi connectivity index (χ4n) is 3.06. The lowest BCUT2D eigenvalue weighted by atomic mass is 9.98. The van der Waals surface area contributed by atoms with Gasteiger partial charge in [-0.15, -0.1) is 10.1 Å². The molecular formula is C21H26NO10PS2. The lowest BCUT2D eigenvalue weighted by molar-refractivity contribution is -0.756. The highest BCUT2D eigenvalue weighted by atomic mass is 33.1. The summed E-state index contributed by atoms with van der Waals surface area (Å²) in [6.07, 6.45) is -1.08. The molecule has 0 aliphatic carbocycles. The molecule has 0 saturated carbocycles. The first-order valence-electron chi connectivity index (χ1n) is 10.8. The van der Waals surface area contributed by atoms with Crippen LogP contribution in [0.25, 0.3) is 10.8 Å². The van der Waals surface area contributed by atoms with Gasteiger partial charge >= 0.3 is 13.8 Å². The van der Waals surface area contributed by atoms with E-state index in [9.17, 15) is 19.5 Å². The molecule has 35 heavy (non-hydrogen) atoms. The molecular weight excluding hydrogens is 521 g/mol. The number of rotatable bonds is 14. The number of ether oxygens (including phenoxy) is 2. The van der Waals surface area contributed by atoms with Crippen molar-refractivity contribution < 1.29 is 42.3 Å². The Labute approximate surface area is 210 Å². The van der Waals surface area contributed by atoms with Crippen LogP contribution in [0, 0.1) is 10.1 Å². The third-order valence-electron chi connectivity index (χ3n) is 4.72. The van der Waals surface area contributed by atoms with Crippen molar-refractivity contribution >= 4 is 46.2 Å². The van der Waals surface area contributed by atoms with Crippen molar-refractivity contribution in [3.8, 4) is 5.75 Å². The average molecular weight is 548 g/mol. The highest BCUT2D eigenvalue weighted by Crippen LogP contribution is 2.55. The summed E-state index contributed by atoms with van der Waals surface area (Å²) in [5.41, 5.74) is 0.762. The number of hydrogen-bond acceptors (Lipinski definition) is 12. The number of carbonyl (C=O) groups is 1. The summed E-state index contributed by atoms with van der Waals surface area (Å²) in [7, 11) is -0.621. The van der Waals surface area contributed by atoms with E-state index >= 15 is 0 Å². The molecule has 0 radical (unpaired) electrons. The SMILES string of the molecule is CCOP1(=O)OCC(OC(=O)C(C)c2ccc3cc(OCCSSCCO[N+](=O)[O-])ccc3c2)O1. The average Bonchev–Trinajstić information content (AvgIpc) is 3.19. The van der Waals surface area contributed by atoms with E-state index in [-0.39, 0.29) is 19.8 Å². The van der Waals surface area contributed by atoms with Crippen molar-refractivity contribution in [1.29, 1.82) is 0 Å². The van der Waals surface area contributed by atoms with E-state index in [0.717, 1.165) is 27.8 Å². The molecule has 1 aliphatic rings. The molecule has 1 heterocycles. The molecule has 0 N–H and O–H groups in total. The van der Waals surface area contributed by atoms with E-state index in [0.29, 0.717) is 12.4 Å². The van der Waals surface area contributed by atoms with Crippen LogP contribution in [0.15, 0.2) is 36.4 Å². The van der Waals surface area contributed by atoms with Crippen molar-refractivity contribution in [3.63, 3.8) is 0 Å². The fourth-order valence-corrected chi connectivity index (χ4v) is 5.92. The molecule has 2 aromatic rings. The van der Waals surface area contributed by atoms with Crippen LogP contribution in [0.1, 0.15) is 25.3 Å². The van der Waals surface area contributed by atoms with Gasteiger partial charge in [0.25, 0.3) is 5.09 Å². The van der Waals surface area contributed by atoms with Gasteiger partial charge in [-0.1, -0.05) is 45.9 Å². The number of phosphoric ester groups is 1. The van der Waals surface area contributed by atoms with Gasteiger partial charge in [0.1, 0.15) is 19.0 Å². The Balaban J connectivity index is 1.47. The Kier molecular flexibility index (Phi) is 10.5. The Morgan fingerprint density at radius 2 is 1.91 bits per heavy atom. The lowest BCUT2D eigenvalue weighted by Gasteiger charge is -2.16. The van der Waals surface area contributed by atoms with Gasteiger partial charge in [0.05, 0.1) is 19.1 Å². The summed E-state index contributed by atoms with van der Waals surface area (Å²) in [6, 6.07) is 11.3. The normalized spacial score (nSPS) is 20.5. The zero-order valence-corrected chi connectivity index (χ0v) is 21.7. The number of carbonyl (C=O) groups excluding carboxylic acids is 1. The number of esters is 1. The van der Waals surface area contributed by atoms with Gasteiger partial charge in [-0.2, -0.15) is 0 Å². The van der Waals surface area contributed by atoms with Crippen LogP contribution < -0.4 is 4.74 Å². The second-order valence-electron chi connectivity index (χ2n) is 7.17. The van der Waals surface area contributed by atoms with E-state index in [1.54, 1.807) is 24.6 Å². The molecule has 1 aliphatic heterocycles. The molecule has 1 saturated heterocycles. The quantitative estimate of drug-likeness (QED) is 0.0789. The van der Waals surface area contributed by atoms with E-state index in [1.165, 1.54) is 10.8 Å². The Hall–Kier alpha value is -2.02. The lowest BCUT2D eigenvalue weighted by Crippen LogP contribution is -2.23. The topological polar surface area (TPSA) is 133 Å². The minimum Gasteiger partial charge on any atom is -0.493 e. The molecule has 3 unspecified atom stereocenters. The predicted molar refractivity (Wildman–Crippen MR) is 132 cm³/mol. The maximum atomic E-state index is 12.6. The monoisotopic (exact) mass is 547 g/mol. The zero-order valence-electron chi connectivity index (χ0n) is 19.2. The van der Waals surface area contributed by atoms with Gasteiger partial charge in [-0.25, -0.2) is 9.09 Å². The minimum absolute atomic E-state index is 0.0628. The molecule has 192 valence electrons. The molecule has 2 aromatic carbocycles. The maximum absolute atomic E-state index is 12.6. The molecule has 1 fully saturated rings. The molecule has 11 nitrogen and oxygen atoms in total. The molecule has 0 amide bonds. The van der Waals surface area contributed by atoms with Crippen LogP contribution in [0.3, 0.4) is 0 Å². The number of fused-ring (bicyclic) bond motifs is 1. The van der Waals surface area contributed by atoms with E-state index in [4.69, 9.17) is 23.0 Å². The van der Waals surface area contributed by atoms with Gasteiger partial charge in [0.2, 0.25) is 6.29 Å². The van der Waals surface area contributed by atoms with E-state index < -0.39 is 31.1 Å². The van der Waals surface area contributed by atoms with Crippen molar-refractivity contribution in [2.24, 2.45) is 0 Å². The highest BCUT2D eigenvalue weighted by molar-refractivity contribution is 8.76. The predicted octanol–water partition coefficient (Wildman–Crippen LogP) is 4.97. The Morgan fingerprint density at radius 1 is 1.20 bits per heavy atom. The first kappa shape index (κ1) is 27.6. The molecule has 0 spiro atoms. The first-order valence-corrected chi connectivity index (χ1v) is 14.7. The molecule has 3 atom stereocenters. The summed E-state index contributed by atoms with van der Waals surface area (Å²) in [4.78, 5) is 26.9. The number of phosphoric acid groups is 1. The van der Waals surface area contributed by atoms with Crippen molar-refractivity contribution in [3.05, 3.63) is 52.1 Å². The van der Waals surface area contributed by atoms with E-state index in [2.05, 4.69) is 4.84 Å². The summed E-state index contributed by atoms with van der Waals surface area (Å²) < 4.78 is 38.2. The van der Waals surface area contributed by atoms with Crippen LogP contribution in [0.4, 0.5) is 0 Å². The van der Waals surface area contributed by atoms with Crippen molar-refractivity contribution in [2.45, 2.75) is 26.1 Å². The van der Waals surface area contributed by atoms with Crippen LogP contribution in [0.2, 0.25) is 0 Å². The van der Waals surface area contributed by atoms with Crippen molar-refractivity contribution in [2.75, 3.05) is 37.9 Å². The van der Waals surface area contributed by atoms with Gasteiger partial charge in [0, 0.05) is 11.5 Å². The van der Waals surface area contributed by atoms with Crippen LogP contribution in [0.5, 0.6) is 5.75 Å². The van der Waals surface area contributed by atoms with Gasteiger partial charge in [0.15, 0.2) is 0 Å². The minimum atomic E-state index is -3.66. The summed E-state index contributed by atoms with van der Waals surface area (Å²) in [5, 5.41) is 11.2.